The van der Waals surface area contributed by atoms with E-state index in [1.165, 1.54) is 0 Å². The minimum absolute atomic E-state index is 0.129. The molecule has 3 aromatic rings. The summed E-state index contributed by atoms with van der Waals surface area (Å²) in [7, 11) is 3.21. The summed E-state index contributed by atoms with van der Waals surface area (Å²) >= 11 is 6.32. The average Bonchev–Trinajstić information content (AvgIpc) is 2.74. The van der Waals surface area contributed by atoms with E-state index in [4.69, 9.17) is 21.1 Å². The summed E-state index contributed by atoms with van der Waals surface area (Å²) in [6.45, 7) is 0.505. The lowest BCUT2D eigenvalue weighted by Gasteiger charge is -2.12. The van der Waals surface area contributed by atoms with Gasteiger partial charge in [0.15, 0.2) is 11.5 Å². The Balaban J connectivity index is 1.71. The zero-order chi connectivity index (χ0) is 19.9. The molecule has 0 bridgehead atoms. The maximum Gasteiger partial charge on any atom is 0.251 e. The molecule has 3 rings (SSSR count). The molecular formula is C23H22ClNO3. The summed E-state index contributed by atoms with van der Waals surface area (Å²) in [5.41, 5.74) is 3.31. The molecule has 144 valence electrons. The van der Waals surface area contributed by atoms with Crippen molar-refractivity contribution < 1.29 is 14.3 Å². The first-order valence-corrected chi connectivity index (χ1v) is 9.35. The number of halogens is 1. The molecule has 0 fully saturated rings. The first kappa shape index (κ1) is 19.8. The second-order valence-electron chi connectivity index (χ2n) is 6.22. The lowest BCUT2D eigenvalue weighted by molar-refractivity contribution is 0.0955. The number of carbonyl (C=O) groups excluding carboxylic acids is 1. The van der Waals surface area contributed by atoms with Gasteiger partial charge in [0.2, 0.25) is 0 Å². The molecule has 0 unspecified atom stereocenters. The van der Waals surface area contributed by atoms with Gasteiger partial charge in [-0.15, -0.1) is 0 Å². The van der Waals surface area contributed by atoms with Crippen molar-refractivity contribution in [1.29, 1.82) is 0 Å². The zero-order valence-electron chi connectivity index (χ0n) is 15.9. The molecule has 4 nitrogen and oxygen atoms in total. The van der Waals surface area contributed by atoms with Crippen LogP contribution in [0.25, 0.3) is 11.1 Å². The van der Waals surface area contributed by atoms with Gasteiger partial charge in [0, 0.05) is 22.7 Å². The van der Waals surface area contributed by atoms with Crippen LogP contribution >= 0.6 is 11.6 Å². The third-order valence-electron chi connectivity index (χ3n) is 4.48. The van der Waals surface area contributed by atoms with Crippen molar-refractivity contribution >= 4 is 17.5 Å². The van der Waals surface area contributed by atoms with E-state index in [1.807, 2.05) is 66.7 Å². The number of hydrogen-bond acceptors (Lipinski definition) is 3. The highest BCUT2D eigenvalue weighted by atomic mass is 35.5. The van der Waals surface area contributed by atoms with Gasteiger partial charge in [0.1, 0.15) is 0 Å². The molecule has 0 aliphatic carbocycles. The van der Waals surface area contributed by atoms with Gasteiger partial charge in [0.05, 0.1) is 14.2 Å². The van der Waals surface area contributed by atoms with Gasteiger partial charge in [-0.3, -0.25) is 4.79 Å². The molecule has 0 aliphatic rings. The van der Waals surface area contributed by atoms with Crippen molar-refractivity contribution in [3.63, 3.8) is 0 Å². The van der Waals surface area contributed by atoms with E-state index in [-0.39, 0.29) is 5.91 Å². The molecule has 1 amide bonds. The van der Waals surface area contributed by atoms with E-state index in [1.54, 1.807) is 14.2 Å². The van der Waals surface area contributed by atoms with E-state index in [0.29, 0.717) is 35.1 Å². The third-order valence-corrected chi connectivity index (χ3v) is 4.81. The maximum absolute atomic E-state index is 12.8. The van der Waals surface area contributed by atoms with Crippen LogP contribution in [0.4, 0.5) is 0 Å². The molecule has 3 aromatic carbocycles. The Morgan fingerprint density at radius 2 is 1.57 bits per heavy atom. The Labute approximate surface area is 170 Å². The smallest absolute Gasteiger partial charge is 0.251 e. The normalized spacial score (nSPS) is 10.4. The van der Waals surface area contributed by atoms with E-state index in [9.17, 15) is 4.79 Å². The van der Waals surface area contributed by atoms with Gasteiger partial charge in [0.25, 0.3) is 5.91 Å². The lowest BCUT2D eigenvalue weighted by Crippen LogP contribution is -2.26. The fraction of sp³-hybridized carbons (Fsp3) is 0.174. The van der Waals surface area contributed by atoms with E-state index in [2.05, 4.69) is 5.32 Å². The van der Waals surface area contributed by atoms with Crippen LogP contribution in [0.3, 0.4) is 0 Å². The van der Waals surface area contributed by atoms with Gasteiger partial charge < -0.3 is 14.8 Å². The number of methoxy groups -OCH3 is 2. The SMILES string of the molecule is COc1ccc(CCNC(=O)c2ccccc2-c2ccccc2Cl)cc1OC. The quantitative estimate of drug-likeness (QED) is 0.612. The molecule has 0 aliphatic heterocycles. The molecule has 5 heteroatoms. The number of hydrogen-bond donors (Lipinski definition) is 1. The van der Waals surface area contributed by atoms with Crippen molar-refractivity contribution in [2.45, 2.75) is 6.42 Å². The molecule has 1 N–H and O–H groups in total. The second kappa shape index (κ2) is 9.29. The van der Waals surface area contributed by atoms with Crippen LogP contribution in [-0.2, 0) is 6.42 Å². The van der Waals surface area contributed by atoms with Gasteiger partial charge in [-0.2, -0.15) is 0 Å². The summed E-state index contributed by atoms with van der Waals surface area (Å²) < 4.78 is 10.6. The fourth-order valence-electron chi connectivity index (χ4n) is 3.05. The van der Waals surface area contributed by atoms with Crippen LogP contribution in [0.1, 0.15) is 15.9 Å². The number of ether oxygens (including phenoxy) is 2. The molecule has 0 heterocycles. The van der Waals surface area contributed by atoms with Crippen molar-refractivity contribution in [3.05, 3.63) is 82.9 Å². The van der Waals surface area contributed by atoms with Crippen molar-refractivity contribution in [3.8, 4) is 22.6 Å². The van der Waals surface area contributed by atoms with E-state index < -0.39 is 0 Å². The Morgan fingerprint density at radius 1 is 0.893 bits per heavy atom. The molecule has 0 saturated heterocycles. The Morgan fingerprint density at radius 3 is 2.29 bits per heavy atom. The predicted octanol–water partition coefficient (Wildman–Crippen LogP) is 5.00. The molecular weight excluding hydrogens is 374 g/mol. The summed E-state index contributed by atoms with van der Waals surface area (Å²) in [6.07, 6.45) is 0.681. The fourth-order valence-corrected chi connectivity index (χ4v) is 3.28. The molecule has 0 aromatic heterocycles. The molecule has 0 saturated carbocycles. The minimum atomic E-state index is -0.129. The van der Waals surface area contributed by atoms with Crippen LogP contribution in [0.2, 0.25) is 5.02 Å². The largest absolute Gasteiger partial charge is 0.493 e. The Bertz CT molecular complexity index is 972. The second-order valence-corrected chi connectivity index (χ2v) is 6.63. The monoisotopic (exact) mass is 395 g/mol. The number of nitrogens with one attached hydrogen (secondary N) is 1. The standard InChI is InChI=1S/C23H22ClNO3/c1-27-21-12-11-16(15-22(21)28-2)13-14-25-23(26)19-9-4-3-7-17(19)18-8-5-6-10-20(18)24/h3-12,15H,13-14H2,1-2H3,(H,25,26). The zero-order valence-corrected chi connectivity index (χ0v) is 16.6. The number of rotatable bonds is 7. The Hall–Kier alpha value is -2.98. The van der Waals surface area contributed by atoms with E-state index in [0.717, 1.165) is 16.7 Å². The number of carbonyl (C=O) groups is 1. The molecule has 0 atom stereocenters. The number of benzene rings is 3. The first-order chi connectivity index (χ1) is 13.6. The van der Waals surface area contributed by atoms with Gasteiger partial charge in [-0.05, 0) is 41.8 Å². The average molecular weight is 396 g/mol. The Kier molecular flexibility index (Phi) is 6.56. The van der Waals surface area contributed by atoms with Crippen molar-refractivity contribution in [2.24, 2.45) is 0 Å². The third kappa shape index (κ3) is 4.46. The highest BCUT2D eigenvalue weighted by Crippen LogP contribution is 2.30. The summed E-state index contributed by atoms with van der Waals surface area (Å²) in [6, 6.07) is 20.7. The summed E-state index contributed by atoms with van der Waals surface area (Å²) in [4.78, 5) is 12.8. The highest BCUT2D eigenvalue weighted by molar-refractivity contribution is 6.33. The predicted molar refractivity (Wildman–Crippen MR) is 112 cm³/mol. The minimum Gasteiger partial charge on any atom is -0.493 e. The molecule has 28 heavy (non-hydrogen) atoms. The van der Waals surface area contributed by atoms with Crippen LogP contribution in [0.15, 0.2) is 66.7 Å². The number of amides is 1. The van der Waals surface area contributed by atoms with Crippen LogP contribution in [0, 0.1) is 0 Å². The first-order valence-electron chi connectivity index (χ1n) is 8.97. The van der Waals surface area contributed by atoms with Crippen LogP contribution < -0.4 is 14.8 Å². The molecule has 0 radical (unpaired) electrons. The van der Waals surface area contributed by atoms with Crippen LogP contribution in [-0.4, -0.2) is 26.7 Å². The lowest BCUT2D eigenvalue weighted by atomic mass is 9.99. The summed E-state index contributed by atoms with van der Waals surface area (Å²) in [5.74, 6) is 1.23. The van der Waals surface area contributed by atoms with E-state index >= 15 is 0 Å². The summed E-state index contributed by atoms with van der Waals surface area (Å²) in [5, 5.41) is 3.61. The maximum atomic E-state index is 12.8. The van der Waals surface area contributed by atoms with Crippen molar-refractivity contribution in [1.82, 2.24) is 5.32 Å². The van der Waals surface area contributed by atoms with Gasteiger partial charge in [-0.25, -0.2) is 0 Å². The van der Waals surface area contributed by atoms with Crippen molar-refractivity contribution in [2.75, 3.05) is 20.8 Å². The van der Waals surface area contributed by atoms with Gasteiger partial charge >= 0.3 is 0 Å². The topological polar surface area (TPSA) is 47.6 Å². The molecule has 0 spiro atoms. The van der Waals surface area contributed by atoms with Gasteiger partial charge in [-0.1, -0.05) is 54.1 Å². The van der Waals surface area contributed by atoms with Crippen LogP contribution in [0.5, 0.6) is 11.5 Å². The highest BCUT2D eigenvalue weighted by Gasteiger charge is 2.14.